The second kappa shape index (κ2) is 7.78. The van der Waals surface area contributed by atoms with Crippen molar-refractivity contribution in [3.8, 4) is 5.75 Å². The van der Waals surface area contributed by atoms with Gasteiger partial charge in [-0.2, -0.15) is 5.10 Å². The molecule has 1 saturated carbocycles. The van der Waals surface area contributed by atoms with E-state index < -0.39 is 20.7 Å². The van der Waals surface area contributed by atoms with Gasteiger partial charge in [0.2, 0.25) is 0 Å². The Hall–Kier alpha value is -3.01. The monoisotopic (exact) mass is 417 g/mol. The van der Waals surface area contributed by atoms with Crippen molar-refractivity contribution in [1.29, 1.82) is 0 Å². The first kappa shape index (κ1) is 19.3. The number of sulfonamides is 1. The van der Waals surface area contributed by atoms with Crippen LogP contribution in [0.3, 0.4) is 0 Å². The zero-order valence-electron chi connectivity index (χ0n) is 15.7. The smallest absolute Gasteiger partial charge is 0.265 e. The van der Waals surface area contributed by atoms with Gasteiger partial charge < -0.3 is 4.74 Å². The second-order valence-electron chi connectivity index (χ2n) is 6.87. The highest BCUT2D eigenvalue weighted by Crippen LogP contribution is 2.37. The van der Waals surface area contributed by atoms with E-state index in [0.717, 1.165) is 31.0 Å². The molecular formula is C19H20FN5O3S. The van der Waals surface area contributed by atoms with Crippen LogP contribution in [0.1, 0.15) is 30.9 Å². The molecule has 0 unspecified atom stereocenters. The fourth-order valence-corrected chi connectivity index (χ4v) is 4.71. The van der Waals surface area contributed by atoms with Gasteiger partial charge in [0.1, 0.15) is 34.7 Å². The SMILES string of the molecule is Cn1nccc1[C@@H]1CCC[C@H]1Oc1ccc(S(=O)(=O)Nc2ccncn2)c(F)c1. The van der Waals surface area contributed by atoms with Crippen LogP contribution in [-0.4, -0.2) is 34.3 Å². The Morgan fingerprint density at radius 2 is 2.07 bits per heavy atom. The Morgan fingerprint density at radius 1 is 1.21 bits per heavy atom. The van der Waals surface area contributed by atoms with Crippen LogP contribution in [-0.2, 0) is 17.1 Å². The average Bonchev–Trinajstić information content (AvgIpc) is 3.30. The summed E-state index contributed by atoms with van der Waals surface area (Å²) in [5.41, 5.74) is 1.07. The van der Waals surface area contributed by atoms with Gasteiger partial charge in [-0.05, 0) is 43.5 Å². The predicted octanol–water partition coefficient (Wildman–Crippen LogP) is 2.87. The summed E-state index contributed by atoms with van der Waals surface area (Å²) in [6, 6.07) is 7.11. The van der Waals surface area contributed by atoms with E-state index in [1.54, 1.807) is 6.20 Å². The maximum atomic E-state index is 14.6. The summed E-state index contributed by atoms with van der Waals surface area (Å²) in [6.45, 7) is 0. The van der Waals surface area contributed by atoms with Crippen LogP contribution in [0.4, 0.5) is 10.2 Å². The molecule has 0 bridgehead atoms. The molecule has 2 aromatic heterocycles. The van der Waals surface area contributed by atoms with E-state index in [1.165, 1.54) is 30.7 Å². The van der Waals surface area contributed by atoms with Crippen LogP contribution in [0.15, 0.2) is 53.9 Å². The Labute approximate surface area is 167 Å². The predicted molar refractivity (Wildman–Crippen MR) is 103 cm³/mol. The summed E-state index contributed by atoms with van der Waals surface area (Å²) in [4.78, 5) is 7.03. The number of aromatic nitrogens is 4. The fraction of sp³-hybridized carbons (Fsp3) is 0.316. The van der Waals surface area contributed by atoms with Crippen molar-refractivity contribution >= 4 is 15.8 Å². The molecule has 1 aromatic carbocycles. The Kier molecular flexibility index (Phi) is 5.18. The van der Waals surface area contributed by atoms with Crippen LogP contribution < -0.4 is 9.46 Å². The molecule has 1 fully saturated rings. The average molecular weight is 417 g/mol. The summed E-state index contributed by atoms with van der Waals surface area (Å²) >= 11 is 0. The lowest BCUT2D eigenvalue weighted by Crippen LogP contribution is -2.22. The van der Waals surface area contributed by atoms with Gasteiger partial charge >= 0.3 is 0 Å². The van der Waals surface area contributed by atoms with Crippen LogP contribution in [0, 0.1) is 5.82 Å². The molecule has 8 nitrogen and oxygen atoms in total. The van der Waals surface area contributed by atoms with Crippen molar-refractivity contribution in [1.82, 2.24) is 19.7 Å². The molecule has 0 spiro atoms. The molecule has 10 heteroatoms. The molecule has 0 radical (unpaired) electrons. The molecule has 1 aliphatic carbocycles. The lowest BCUT2D eigenvalue weighted by molar-refractivity contribution is 0.186. The fourth-order valence-electron chi connectivity index (χ4n) is 3.64. The molecule has 0 amide bonds. The van der Waals surface area contributed by atoms with E-state index in [-0.39, 0.29) is 17.8 Å². The molecule has 4 rings (SSSR count). The lowest BCUT2D eigenvalue weighted by atomic mass is 10.0. The van der Waals surface area contributed by atoms with Gasteiger partial charge in [0, 0.05) is 37.1 Å². The van der Waals surface area contributed by atoms with Crippen molar-refractivity contribution in [2.24, 2.45) is 7.05 Å². The van der Waals surface area contributed by atoms with Gasteiger partial charge in [-0.15, -0.1) is 0 Å². The number of hydrogen-bond donors (Lipinski definition) is 1. The molecule has 0 aliphatic heterocycles. The van der Waals surface area contributed by atoms with E-state index in [9.17, 15) is 12.8 Å². The Morgan fingerprint density at radius 3 is 2.76 bits per heavy atom. The zero-order valence-corrected chi connectivity index (χ0v) is 16.5. The summed E-state index contributed by atoms with van der Waals surface area (Å²) in [7, 11) is -2.24. The maximum absolute atomic E-state index is 14.6. The third-order valence-electron chi connectivity index (χ3n) is 4.99. The lowest BCUT2D eigenvalue weighted by Gasteiger charge is -2.21. The largest absolute Gasteiger partial charge is 0.490 e. The normalized spacial score (nSPS) is 19.2. The van der Waals surface area contributed by atoms with E-state index in [4.69, 9.17) is 4.74 Å². The van der Waals surface area contributed by atoms with Gasteiger partial charge in [0.25, 0.3) is 10.0 Å². The highest BCUT2D eigenvalue weighted by Gasteiger charge is 2.32. The van der Waals surface area contributed by atoms with Gasteiger partial charge in [0.15, 0.2) is 0 Å². The van der Waals surface area contributed by atoms with E-state index >= 15 is 0 Å². The maximum Gasteiger partial charge on any atom is 0.265 e. The number of nitrogens with one attached hydrogen (secondary N) is 1. The molecule has 2 atom stereocenters. The minimum atomic E-state index is -4.12. The molecule has 3 aromatic rings. The number of hydrogen-bond acceptors (Lipinski definition) is 6. The van der Waals surface area contributed by atoms with E-state index in [0.29, 0.717) is 5.75 Å². The number of halogens is 1. The second-order valence-corrected chi connectivity index (χ2v) is 8.52. The minimum Gasteiger partial charge on any atom is -0.490 e. The Balaban J connectivity index is 1.52. The molecule has 152 valence electrons. The summed E-state index contributed by atoms with van der Waals surface area (Å²) in [5.74, 6) is -0.375. The number of ether oxygens (including phenoxy) is 1. The summed E-state index contributed by atoms with van der Waals surface area (Å²) in [6.07, 6.45) is 7.01. The number of aryl methyl sites for hydroxylation is 1. The van der Waals surface area contributed by atoms with Crippen LogP contribution in [0.5, 0.6) is 5.75 Å². The van der Waals surface area contributed by atoms with Crippen LogP contribution in [0.2, 0.25) is 0 Å². The number of rotatable bonds is 6. The van der Waals surface area contributed by atoms with Gasteiger partial charge in [-0.25, -0.2) is 22.8 Å². The molecule has 1 aliphatic rings. The first-order valence-electron chi connectivity index (χ1n) is 9.17. The standard InChI is InChI=1S/C19H20FN5O3S/c1-25-16(7-10-23-25)14-3-2-4-17(14)28-13-5-6-18(15(20)11-13)29(26,27)24-19-8-9-21-12-22-19/h5-12,14,17H,2-4H2,1H3,(H,21,22,24)/t14-,17+/m0/s1. The van der Waals surface area contributed by atoms with Gasteiger partial charge in [-0.3, -0.25) is 9.40 Å². The van der Waals surface area contributed by atoms with Crippen molar-refractivity contribution in [2.45, 2.75) is 36.2 Å². The first-order chi connectivity index (χ1) is 13.9. The van der Waals surface area contributed by atoms with Crippen molar-refractivity contribution in [3.05, 3.63) is 60.6 Å². The summed E-state index contributed by atoms with van der Waals surface area (Å²) < 4.78 is 49.6. The molecule has 2 heterocycles. The van der Waals surface area contributed by atoms with Gasteiger partial charge in [0.05, 0.1) is 0 Å². The quantitative estimate of drug-likeness (QED) is 0.662. The van der Waals surface area contributed by atoms with Crippen LogP contribution >= 0.6 is 0 Å². The van der Waals surface area contributed by atoms with E-state index in [1.807, 2.05) is 17.8 Å². The van der Waals surface area contributed by atoms with Crippen molar-refractivity contribution in [3.63, 3.8) is 0 Å². The Bertz CT molecular complexity index is 1100. The molecular weight excluding hydrogens is 397 g/mol. The van der Waals surface area contributed by atoms with Crippen molar-refractivity contribution in [2.75, 3.05) is 4.72 Å². The van der Waals surface area contributed by atoms with Crippen LogP contribution in [0.25, 0.3) is 0 Å². The first-order valence-corrected chi connectivity index (χ1v) is 10.7. The van der Waals surface area contributed by atoms with Gasteiger partial charge in [-0.1, -0.05) is 0 Å². The molecule has 1 N–H and O–H groups in total. The summed E-state index contributed by atoms with van der Waals surface area (Å²) in [5, 5.41) is 4.21. The zero-order chi connectivity index (χ0) is 20.4. The highest BCUT2D eigenvalue weighted by atomic mass is 32.2. The number of anilines is 1. The van der Waals surface area contributed by atoms with E-state index in [2.05, 4.69) is 19.8 Å². The number of nitrogens with zero attached hydrogens (tertiary/aromatic N) is 4. The number of benzene rings is 1. The molecule has 29 heavy (non-hydrogen) atoms. The van der Waals surface area contributed by atoms with Crippen molar-refractivity contribution < 1.29 is 17.5 Å². The topological polar surface area (TPSA) is 99.0 Å². The minimum absolute atomic E-state index is 0.0599. The highest BCUT2D eigenvalue weighted by molar-refractivity contribution is 7.92. The third-order valence-corrected chi connectivity index (χ3v) is 6.38. The molecule has 0 saturated heterocycles. The third kappa shape index (κ3) is 4.07.